The van der Waals surface area contributed by atoms with E-state index in [2.05, 4.69) is 27.8 Å². The number of morpholine rings is 1. The Kier molecular flexibility index (Phi) is 5.89. The number of ether oxygens (including phenoxy) is 2. The second kappa shape index (κ2) is 8.19. The molecule has 2 aliphatic rings. The quantitative estimate of drug-likeness (QED) is 0.754. The van der Waals surface area contributed by atoms with Crippen LogP contribution in [0.3, 0.4) is 0 Å². The molecule has 2 fully saturated rings. The first-order valence-corrected chi connectivity index (χ1v) is 9.63. The number of nitrogens with zero attached hydrogens (tertiary/aromatic N) is 6. The molecule has 1 aromatic rings. The lowest BCUT2D eigenvalue weighted by molar-refractivity contribution is 0.0240. The minimum absolute atomic E-state index is 0.152. The second-order valence-electron chi connectivity index (χ2n) is 8.09. The highest BCUT2D eigenvalue weighted by Crippen LogP contribution is 2.22. The molecule has 0 aliphatic carbocycles. The van der Waals surface area contributed by atoms with Crippen molar-refractivity contribution in [1.82, 2.24) is 14.9 Å². The van der Waals surface area contributed by atoms with Crippen molar-refractivity contribution in [2.24, 2.45) is 0 Å². The Balaban J connectivity index is 1.71. The van der Waals surface area contributed by atoms with Crippen molar-refractivity contribution in [2.45, 2.75) is 39.3 Å². The molecular formula is C19H28N6O3. The summed E-state index contributed by atoms with van der Waals surface area (Å²) < 4.78 is 10.9. The van der Waals surface area contributed by atoms with Crippen LogP contribution in [0.25, 0.3) is 0 Å². The van der Waals surface area contributed by atoms with Gasteiger partial charge in [-0.3, -0.25) is 0 Å². The normalized spacial score (nSPS) is 20.7. The Morgan fingerprint density at radius 1 is 1.25 bits per heavy atom. The monoisotopic (exact) mass is 388 g/mol. The lowest BCUT2D eigenvalue weighted by atomic mass is 10.2. The standard InChI is InChI=1S/C19H28N6O3/c1-14-13-27-10-9-25(14)17-21-15(12-20)11-16(22-17)23-5-7-24(8-6-23)18(26)28-19(2,3)4/h11,14H,5-10,13H2,1-4H3/t14-/m0/s1. The number of carbonyl (C=O) groups excluding carboxylic acids is 1. The minimum atomic E-state index is -0.508. The summed E-state index contributed by atoms with van der Waals surface area (Å²) in [5.74, 6) is 1.27. The fraction of sp³-hybridized carbons (Fsp3) is 0.684. The predicted molar refractivity (Wildman–Crippen MR) is 104 cm³/mol. The van der Waals surface area contributed by atoms with Crippen molar-refractivity contribution in [3.8, 4) is 6.07 Å². The lowest BCUT2D eigenvalue weighted by Gasteiger charge is -2.37. The maximum absolute atomic E-state index is 12.3. The van der Waals surface area contributed by atoms with Crippen LogP contribution >= 0.6 is 0 Å². The number of hydrogen-bond donors (Lipinski definition) is 0. The average molecular weight is 388 g/mol. The third kappa shape index (κ3) is 4.81. The Hall–Kier alpha value is -2.60. The molecule has 2 saturated heterocycles. The average Bonchev–Trinajstić information content (AvgIpc) is 2.66. The summed E-state index contributed by atoms with van der Waals surface area (Å²) in [4.78, 5) is 27.2. The maximum Gasteiger partial charge on any atom is 0.410 e. The van der Waals surface area contributed by atoms with Crippen molar-refractivity contribution in [3.05, 3.63) is 11.8 Å². The van der Waals surface area contributed by atoms with Crippen LogP contribution in [-0.2, 0) is 9.47 Å². The van der Waals surface area contributed by atoms with Crippen LogP contribution < -0.4 is 9.80 Å². The Morgan fingerprint density at radius 2 is 1.96 bits per heavy atom. The van der Waals surface area contributed by atoms with Crippen LogP contribution in [0.5, 0.6) is 0 Å². The number of rotatable bonds is 2. The molecule has 0 saturated carbocycles. The van der Waals surface area contributed by atoms with E-state index in [0.717, 1.165) is 0 Å². The Morgan fingerprint density at radius 3 is 2.57 bits per heavy atom. The van der Waals surface area contributed by atoms with Crippen LogP contribution in [0.2, 0.25) is 0 Å². The van der Waals surface area contributed by atoms with E-state index in [-0.39, 0.29) is 12.1 Å². The smallest absolute Gasteiger partial charge is 0.410 e. The van der Waals surface area contributed by atoms with Crippen LogP contribution in [0.15, 0.2) is 6.07 Å². The van der Waals surface area contributed by atoms with E-state index in [9.17, 15) is 10.1 Å². The maximum atomic E-state index is 12.3. The fourth-order valence-electron chi connectivity index (χ4n) is 3.24. The molecule has 0 unspecified atom stereocenters. The van der Waals surface area contributed by atoms with Crippen LogP contribution in [0.1, 0.15) is 33.4 Å². The summed E-state index contributed by atoms with van der Waals surface area (Å²) in [5, 5.41) is 9.40. The second-order valence-corrected chi connectivity index (χ2v) is 8.09. The zero-order chi connectivity index (χ0) is 20.3. The molecule has 9 nitrogen and oxygen atoms in total. The molecule has 2 aliphatic heterocycles. The summed E-state index contributed by atoms with van der Waals surface area (Å²) in [6.07, 6.45) is -0.296. The van der Waals surface area contributed by atoms with E-state index < -0.39 is 5.60 Å². The van der Waals surface area contributed by atoms with Crippen LogP contribution in [0, 0.1) is 11.3 Å². The summed E-state index contributed by atoms with van der Waals surface area (Å²) in [6.45, 7) is 11.9. The topological polar surface area (TPSA) is 94.8 Å². The van der Waals surface area contributed by atoms with Gasteiger partial charge in [-0.25, -0.2) is 9.78 Å². The molecule has 152 valence electrons. The SMILES string of the molecule is C[C@H]1COCCN1c1nc(C#N)cc(N2CCN(C(=O)OC(C)(C)C)CC2)n1. The predicted octanol–water partition coefficient (Wildman–Crippen LogP) is 1.63. The number of amides is 1. The number of piperazine rings is 1. The van der Waals surface area contributed by atoms with E-state index in [1.54, 1.807) is 11.0 Å². The van der Waals surface area contributed by atoms with Gasteiger partial charge in [0.1, 0.15) is 23.2 Å². The summed E-state index contributed by atoms with van der Waals surface area (Å²) >= 11 is 0. The highest BCUT2D eigenvalue weighted by atomic mass is 16.6. The third-order valence-electron chi connectivity index (χ3n) is 4.70. The van der Waals surface area contributed by atoms with Crippen LogP contribution in [-0.4, -0.2) is 78.5 Å². The molecule has 0 aromatic carbocycles. The number of aromatic nitrogens is 2. The Labute approximate surface area is 165 Å². The van der Waals surface area contributed by atoms with Crippen molar-refractivity contribution < 1.29 is 14.3 Å². The van der Waals surface area contributed by atoms with Gasteiger partial charge in [-0.2, -0.15) is 10.2 Å². The van der Waals surface area contributed by atoms with Crippen molar-refractivity contribution >= 4 is 17.9 Å². The van der Waals surface area contributed by atoms with Gasteiger partial charge < -0.3 is 24.2 Å². The van der Waals surface area contributed by atoms with E-state index in [1.165, 1.54) is 0 Å². The first-order chi connectivity index (χ1) is 13.3. The number of hydrogen-bond acceptors (Lipinski definition) is 8. The number of anilines is 2. The van der Waals surface area contributed by atoms with Crippen molar-refractivity contribution in [1.29, 1.82) is 5.26 Å². The van der Waals surface area contributed by atoms with E-state index >= 15 is 0 Å². The molecule has 1 aromatic heterocycles. The first-order valence-electron chi connectivity index (χ1n) is 9.63. The molecule has 28 heavy (non-hydrogen) atoms. The molecular weight excluding hydrogens is 360 g/mol. The molecule has 1 atom stereocenters. The van der Waals surface area contributed by atoms with Gasteiger partial charge in [0.05, 0.1) is 19.3 Å². The van der Waals surface area contributed by atoms with Gasteiger partial charge in [0.2, 0.25) is 5.95 Å². The molecule has 0 radical (unpaired) electrons. The highest BCUT2D eigenvalue weighted by molar-refractivity contribution is 5.68. The van der Waals surface area contributed by atoms with Gasteiger partial charge in [-0.1, -0.05) is 0 Å². The lowest BCUT2D eigenvalue weighted by Crippen LogP contribution is -2.50. The van der Waals surface area contributed by atoms with Gasteiger partial charge in [0.25, 0.3) is 0 Å². The minimum Gasteiger partial charge on any atom is -0.444 e. The number of nitriles is 1. The molecule has 3 rings (SSSR count). The Bertz CT molecular complexity index is 749. The molecule has 3 heterocycles. The molecule has 0 bridgehead atoms. The van der Waals surface area contributed by atoms with Gasteiger partial charge in [-0.15, -0.1) is 0 Å². The van der Waals surface area contributed by atoms with Gasteiger partial charge in [-0.05, 0) is 27.7 Å². The molecule has 0 N–H and O–H groups in total. The molecule has 0 spiro atoms. The summed E-state index contributed by atoms with van der Waals surface area (Å²) in [7, 11) is 0. The van der Waals surface area contributed by atoms with Crippen molar-refractivity contribution in [2.75, 3.05) is 55.7 Å². The zero-order valence-corrected chi connectivity index (χ0v) is 17.0. The van der Waals surface area contributed by atoms with Gasteiger partial charge >= 0.3 is 6.09 Å². The molecule has 1 amide bonds. The van der Waals surface area contributed by atoms with E-state index in [4.69, 9.17) is 14.5 Å². The largest absolute Gasteiger partial charge is 0.444 e. The fourth-order valence-corrected chi connectivity index (χ4v) is 3.24. The zero-order valence-electron chi connectivity index (χ0n) is 17.0. The van der Waals surface area contributed by atoms with E-state index in [1.807, 2.05) is 20.8 Å². The highest BCUT2D eigenvalue weighted by Gasteiger charge is 2.28. The van der Waals surface area contributed by atoms with E-state index in [0.29, 0.717) is 63.4 Å². The first kappa shape index (κ1) is 20.1. The van der Waals surface area contributed by atoms with Gasteiger partial charge in [0.15, 0.2) is 0 Å². The van der Waals surface area contributed by atoms with Crippen molar-refractivity contribution in [3.63, 3.8) is 0 Å². The molecule has 9 heteroatoms. The van der Waals surface area contributed by atoms with Crippen LogP contribution in [0.4, 0.5) is 16.6 Å². The number of carbonyl (C=O) groups is 1. The summed E-state index contributed by atoms with van der Waals surface area (Å²) in [6, 6.07) is 3.99. The summed E-state index contributed by atoms with van der Waals surface area (Å²) in [5.41, 5.74) is -0.167. The third-order valence-corrected chi connectivity index (χ3v) is 4.70. The van der Waals surface area contributed by atoms with Gasteiger partial charge in [0, 0.05) is 38.8 Å².